The summed E-state index contributed by atoms with van der Waals surface area (Å²) in [6.45, 7) is 2.21. The predicted octanol–water partition coefficient (Wildman–Crippen LogP) is 3.40. The fraction of sp³-hybridized carbons (Fsp3) is 0.462. The zero-order chi connectivity index (χ0) is 11.8. The van der Waals surface area contributed by atoms with E-state index in [-0.39, 0.29) is 0 Å². The summed E-state index contributed by atoms with van der Waals surface area (Å²) in [6, 6.07) is 1.93. The molecule has 1 N–H and O–H groups in total. The molecule has 0 unspecified atom stereocenters. The maximum atomic E-state index is 6.03. The third kappa shape index (κ3) is 2.10. The Labute approximate surface area is 111 Å². The molecular weight excluding hydrogens is 255 g/mol. The van der Waals surface area contributed by atoms with Gasteiger partial charge in [-0.25, -0.2) is 4.98 Å². The van der Waals surface area contributed by atoms with Crippen LogP contribution >= 0.6 is 23.2 Å². The molecule has 0 spiro atoms. The van der Waals surface area contributed by atoms with Crippen molar-refractivity contribution < 1.29 is 0 Å². The summed E-state index contributed by atoms with van der Waals surface area (Å²) < 4.78 is 0. The molecular formula is C13H14Cl2N2. The maximum absolute atomic E-state index is 6.03. The number of nitrogens with one attached hydrogen (secondary N) is 1. The first-order chi connectivity index (χ1) is 8.25. The summed E-state index contributed by atoms with van der Waals surface area (Å²) >= 11 is 11.9. The van der Waals surface area contributed by atoms with E-state index in [2.05, 4.69) is 16.4 Å². The third-order valence-corrected chi connectivity index (χ3v) is 4.48. The SMILES string of the molecule is Clc1cc(C2=CC[C@@H]3CCNC[C@H]23)cnc1Cl. The Morgan fingerprint density at radius 1 is 1.35 bits per heavy atom. The minimum atomic E-state index is 0.382. The monoisotopic (exact) mass is 268 g/mol. The summed E-state index contributed by atoms with van der Waals surface area (Å²) in [6.07, 6.45) is 6.61. The van der Waals surface area contributed by atoms with Crippen LogP contribution in [-0.4, -0.2) is 18.1 Å². The maximum Gasteiger partial charge on any atom is 0.147 e. The molecule has 1 aliphatic heterocycles. The zero-order valence-electron chi connectivity index (χ0n) is 9.42. The van der Waals surface area contributed by atoms with E-state index in [1.54, 1.807) is 0 Å². The molecule has 0 saturated carbocycles. The van der Waals surface area contributed by atoms with E-state index in [4.69, 9.17) is 23.2 Å². The summed E-state index contributed by atoms with van der Waals surface area (Å²) in [5.74, 6) is 1.41. The van der Waals surface area contributed by atoms with Gasteiger partial charge in [-0.15, -0.1) is 0 Å². The Balaban J connectivity index is 1.91. The van der Waals surface area contributed by atoms with Crippen molar-refractivity contribution in [2.24, 2.45) is 11.8 Å². The number of piperidine rings is 1. The molecule has 4 heteroatoms. The van der Waals surface area contributed by atoms with E-state index in [0.29, 0.717) is 16.1 Å². The van der Waals surface area contributed by atoms with Gasteiger partial charge in [-0.2, -0.15) is 0 Å². The molecule has 1 saturated heterocycles. The van der Waals surface area contributed by atoms with Crippen LogP contribution in [0.4, 0.5) is 0 Å². The van der Waals surface area contributed by atoms with Crippen LogP contribution < -0.4 is 5.32 Å². The second-order valence-corrected chi connectivity index (χ2v) is 5.52. The van der Waals surface area contributed by atoms with E-state index in [0.717, 1.165) is 24.6 Å². The summed E-state index contributed by atoms with van der Waals surface area (Å²) in [4.78, 5) is 4.13. The first kappa shape index (κ1) is 11.5. The minimum absolute atomic E-state index is 0.382. The topological polar surface area (TPSA) is 24.9 Å². The Bertz CT molecular complexity index is 470. The van der Waals surface area contributed by atoms with Gasteiger partial charge in [0, 0.05) is 12.7 Å². The second-order valence-electron chi connectivity index (χ2n) is 4.75. The molecule has 1 aromatic heterocycles. The van der Waals surface area contributed by atoms with Crippen LogP contribution in [0.5, 0.6) is 0 Å². The van der Waals surface area contributed by atoms with E-state index in [1.165, 1.54) is 18.4 Å². The molecule has 1 fully saturated rings. The van der Waals surface area contributed by atoms with Gasteiger partial charge >= 0.3 is 0 Å². The number of hydrogen-bond donors (Lipinski definition) is 1. The Morgan fingerprint density at radius 2 is 2.24 bits per heavy atom. The lowest BCUT2D eigenvalue weighted by atomic mass is 9.84. The van der Waals surface area contributed by atoms with Crippen molar-refractivity contribution in [3.8, 4) is 0 Å². The Kier molecular flexibility index (Phi) is 3.12. The molecule has 0 radical (unpaired) electrons. The van der Waals surface area contributed by atoms with Crippen LogP contribution in [0.15, 0.2) is 18.3 Å². The van der Waals surface area contributed by atoms with Crippen LogP contribution in [0, 0.1) is 11.8 Å². The highest BCUT2D eigenvalue weighted by molar-refractivity contribution is 6.41. The number of hydrogen-bond acceptors (Lipinski definition) is 2. The molecule has 0 aromatic carbocycles. The molecule has 2 atom stereocenters. The van der Waals surface area contributed by atoms with Crippen LogP contribution in [0.2, 0.25) is 10.2 Å². The summed E-state index contributed by atoms with van der Waals surface area (Å²) in [7, 11) is 0. The third-order valence-electron chi connectivity index (χ3n) is 3.79. The van der Waals surface area contributed by atoms with E-state index >= 15 is 0 Å². The molecule has 2 heterocycles. The highest BCUT2D eigenvalue weighted by Crippen LogP contribution is 2.41. The van der Waals surface area contributed by atoms with Crippen molar-refractivity contribution >= 4 is 28.8 Å². The van der Waals surface area contributed by atoms with Crippen molar-refractivity contribution in [1.29, 1.82) is 0 Å². The van der Waals surface area contributed by atoms with Gasteiger partial charge in [0.1, 0.15) is 5.15 Å². The summed E-state index contributed by atoms with van der Waals surface area (Å²) in [5.41, 5.74) is 2.50. The first-order valence-electron chi connectivity index (χ1n) is 5.98. The highest BCUT2D eigenvalue weighted by Gasteiger charge is 2.32. The van der Waals surface area contributed by atoms with E-state index in [9.17, 15) is 0 Å². The highest BCUT2D eigenvalue weighted by atomic mass is 35.5. The van der Waals surface area contributed by atoms with Crippen LogP contribution in [0.25, 0.3) is 5.57 Å². The Morgan fingerprint density at radius 3 is 3.06 bits per heavy atom. The lowest BCUT2D eigenvalue weighted by Gasteiger charge is -2.28. The molecule has 1 aliphatic carbocycles. The largest absolute Gasteiger partial charge is 0.316 e. The standard InChI is InChI=1S/C13H14Cl2N2/c14-12-5-9(6-17-13(12)15)10-2-1-8-3-4-16-7-11(8)10/h2,5-6,8,11,16H,1,3-4,7H2/t8-,11+/m1/s1. The normalized spacial score (nSPS) is 27.8. The predicted molar refractivity (Wildman–Crippen MR) is 71.3 cm³/mol. The number of halogens is 2. The molecule has 3 rings (SSSR count). The fourth-order valence-corrected chi connectivity index (χ4v) is 3.17. The molecule has 2 nitrogen and oxygen atoms in total. The van der Waals surface area contributed by atoms with Crippen molar-refractivity contribution in [2.75, 3.05) is 13.1 Å². The average molecular weight is 269 g/mol. The van der Waals surface area contributed by atoms with Gasteiger partial charge in [-0.05, 0) is 48.4 Å². The van der Waals surface area contributed by atoms with Gasteiger partial charge in [0.05, 0.1) is 5.02 Å². The second kappa shape index (κ2) is 4.60. The van der Waals surface area contributed by atoms with Gasteiger partial charge in [-0.3, -0.25) is 0 Å². The van der Waals surface area contributed by atoms with Crippen molar-refractivity contribution in [2.45, 2.75) is 12.8 Å². The number of pyridine rings is 1. The van der Waals surface area contributed by atoms with Gasteiger partial charge in [0.25, 0.3) is 0 Å². The molecule has 17 heavy (non-hydrogen) atoms. The van der Waals surface area contributed by atoms with Crippen molar-refractivity contribution in [3.63, 3.8) is 0 Å². The van der Waals surface area contributed by atoms with Gasteiger partial charge in [0.2, 0.25) is 0 Å². The molecule has 90 valence electrons. The van der Waals surface area contributed by atoms with Gasteiger partial charge < -0.3 is 5.32 Å². The average Bonchev–Trinajstić information content (AvgIpc) is 2.76. The van der Waals surface area contributed by atoms with Crippen LogP contribution in [0.1, 0.15) is 18.4 Å². The van der Waals surface area contributed by atoms with Crippen LogP contribution in [-0.2, 0) is 0 Å². The lowest BCUT2D eigenvalue weighted by molar-refractivity contribution is 0.328. The van der Waals surface area contributed by atoms with Gasteiger partial charge in [-0.1, -0.05) is 29.3 Å². The van der Waals surface area contributed by atoms with E-state index in [1.807, 2.05) is 12.3 Å². The molecule has 2 aliphatic rings. The molecule has 0 amide bonds. The number of aromatic nitrogens is 1. The zero-order valence-corrected chi connectivity index (χ0v) is 10.9. The van der Waals surface area contributed by atoms with E-state index < -0.39 is 0 Å². The first-order valence-corrected chi connectivity index (χ1v) is 6.73. The van der Waals surface area contributed by atoms with Gasteiger partial charge in [0.15, 0.2) is 0 Å². The number of nitrogens with zero attached hydrogens (tertiary/aromatic N) is 1. The lowest BCUT2D eigenvalue weighted by Crippen LogP contribution is -2.34. The van der Waals surface area contributed by atoms with Crippen molar-refractivity contribution in [3.05, 3.63) is 34.1 Å². The quantitative estimate of drug-likeness (QED) is 0.790. The number of fused-ring (bicyclic) bond motifs is 1. The number of allylic oxidation sites excluding steroid dienone is 1. The number of rotatable bonds is 1. The summed E-state index contributed by atoms with van der Waals surface area (Å²) in [5, 5.41) is 4.38. The minimum Gasteiger partial charge on any atom is -0.316 e. The van der Waals surface area contributed by atoms with Crippen LogP contribution in [0.3, 0.4) is 0 Å². The smallest absolute Gasteiger partial charge is 0.147 e. The molecule has 1 aromatic rings. The van der Waals surface area contributed by atoms with Crippen molar-refractivity contribution in [1.82, 2.24) is 10.3 Å². The Hall–Kier alpha value is -0.570. The molecule has 0 bridgehead atoms. The fourth-order valence-electron chi connectivity index (χ4n) is 2.90.